The van der Waals surface area contributed by atoms with Gasteiger partial charge < -0.3 is 19.9 Å². The van der Waals surface area contributed by atoms with Gasteiger partial charge in [-0.3, -0.25) is 14.4 Å². The van der Waals surface area contributed by atoms with E-state index in [0.29, 0.717) is 5.56 Å². The fourth-order valence-electron chi connectivity index (χ4n) is 1.69. The summed E-state index contributed by atoms with van der Waals surface area (Å²) in [6, 6.07) is 3.13. The lowest BCUT2D eigenvalue weighted by molar-refractivity contribution is -0.132. The fraction of sp³-hybridized carbons (Fsp3) is 0.385. The van der Waals surface area contributed by atoms with Gasteiger partial charge in [0.1, 0.15) is 0 Å². The number of nitrogens with one attached hydrogen (secondary N) is 2. The van der Waals surface area contributed by atoms with Crippen molar-refractivity contribution in [2.24, 2.45) is 0 Å². The highest BCUT2D eigenvalue weighted by Gasteiger charge is 2.16. The number of methoxy groups -OCH3 is 2. The van der Waals surface area contributed by atoms with Gasteiger partial charge in [-0.15, -0.1) is 0 Å². The van der Waals surface area contributed by atoms with Crippen LogP contribution in [0.25, 0.3) is 0 Å². The first-order valence-corrected chi connectivity index (χ1v) is 6.04. The Labute approximate surface area is 121 Å². The summed E-state index contributed by atoms with van der Waals surface area (Å²) >= 11 is 0. The second kappa shape index (κ2) is 7.95. The van der Waals surface area contributed by atoms with Gasteiger partial charge in [0.25, 0.3) is 5.91 Å². The molecule has 8 heteroatoms. The van der Waals surface area contributed by atoms with Crippen molar-refractivity contribution in [2.75, 3.05) is 27.9 Å². The van der Waals surface area contributed by atoms with Crippen molar-refractivity contribution in [1.82, 2.24) is 10.8 Å². The van der Waals surface area contributed by atoms with Gasteiger partial charge in [0, 0.05) is 5.56 Å². The monoisotopic (exact) mass is 298 g/mol. The summed E-state index contributed by atoms with van der Waals surface area (Å²) < 4.78 is 10.0. The van der Waals surface area contributed by atoms with Crippen LogP contribution < -0.4 is 20.3 Å². The number of aromatic hydroxyl groups is 1. The lowest BCUT2D eigenvalue weighted by atomic mass is 10.1. The smallest absolute Gasteiger partial charge is 0.262 e. The van der Waals surface area contributed by atoms with E-state index in [4.69, 9.17) is 9.47 Å². The highest BCUT2D eigenvalue weighted by molar-refractivity contribution is 5.85. The average molecular weight is 298 g/mol. The third-order valence-electron chi connectivity index (χ3n) is 2.61. The normalized spacial score (nSPS) is 9.86. The van der Waals surface area contributed by atoms with E-state index >= 15 is 0 Å². The van der Waals surface area contributed by atoms with E-state index in [1.807, 2.05) is 0 Å². The van der Waals surface area contributed by atoms with Crippen molar-refractivity contribution in [1.29, 1.82) is 0 Å². The Morgan fingerprint density at radius 1 is 1.14 bits per heavy atom. The summed E-state index contributed by atoms with van der Waals surface area (Å²) in [6.07, 6.45) is -0.0546. The van der Waals surface area contributed by atoms with Crippen LogP contribution in [-0.4, -0.2) is 44.8 Å². The molecule has 0 heterocycles. The van der Waals surface area contributed by atoms with Gasteiger partial charge in [-0.2, -0.15) is 0 Å². The zero-order valence-corrected chi connectivity index (χ0v) is 12.1. The summed E-state index contributed by atoms with van der Waals surface area (Å²) in [7, 11) is 4.09. The summed E-state index contributed by atoms with van der Waals surface area (Å²) in [6.45, 7) is -0.211. The van der Waals surface area contributed by atoms with Crippen molar-refractivity contribution in [3.05, 3.63) is 17.7 Å². The van der Waals surface area contributed by atoms with Crippen LogP contribution in [-0.2, 0) is 20.8 Å². The van der Waals surface area contributed by atoms with Crippen molar-refractivity contribution >= 4 is 11.8 Å². The Morgan fingerprint density at radius 3 is 2.43 bits per heavy atom. The first-order chi connectivity index (χ1) is 10.0. The van der Waals surface area contributed by atoms with Crippen molar-refractivity contribution in [2.45, 2.75) is 6.42 Å². The fourth-order valence-corrected chi connectivity index (χ4v) is 1.69. The Morgan fingerprint density at radius 2 is 1.86 bits per heavy atom. The SMILES string of the molecule is CONC(=O)CNC(=O)Cc1ccc(OC)c(O)c1OC. The molecule has 0 aliphatic rings. The summed E-state index contributed by atoms with van der Waals surface area (Å²) in [5.41, 5.74) is 2.55. The molecule has 0 aromatic heterocycles. The van der Waals surface area contributed by atoms with E-state index < -0.39 is 11.8 Å². The molecular formula is C13H18N2O6. The van der Waals surface area contributed by atoms with Crippen molar-refractivity contribution in [3.8, 4) is 17.2 Å². The number of carbonyl (C=O) groups is 2. The minimum atomic E-state index is -0.476. The number of carbonyl (C=O) groups excluding carboxylic acids is 2. The van der Waals surface area contributed by atoms with E-state index in [1.54, 1.807) is 6.07 Å². The predicted octanol–water partition coefficient (Wildman–Crippen LogP) is -0.254. The predicted molar refractivity (Wildman–Crippen MR) is 73.1 cm³/mol. The first-order valence-electron chi connectivity index (χ1n) is 6.04. The maximum atomic E-state index is 11.8. The third-order valence-corrected chi connectivity index (χ3v) is 2.61. The Kier molecular flexibility index (Phi) is 6.28. The zero-order valence-electron chi connectivity index (χ0n) is 12.1. The van der Waals surface area contributed by atoms with Gasteiger partial charge >= 0.3 is 0 Å². The Hall–Kier alpha value is -2.48. The molecule has 0 saturated heterocycles. The second-order valence-electron chi connectivity index (χ2n) is 3.99. The lowest BCUT2D eigenvalue weighted by Crippen LogP contribution is -2.37. The number of hydrogen-bond donors (Lipinski definition) is 3. The van der Waals surface area contributed by atoms with Crippen LogP contribution in [0.2, 0.25) is 0 Å². The molecule has 0 fully saturated rings. The minimum absolute atomic E-state index is 0.0546. The first kappa shape index (κ1) is 16.6. The molecule has 0 spiro atoms. The van der Waals surface area contributed by atoms with Crippen LogP contribution in [0.5, 0.6) is 17.2 Å². The standard InChI is InChI=1S/C13H18N2O6/c1-19-9-5-4-8(13(20-2)12(9)18)6-10(16)14-7-11(17)15-21-3/h4-5,18H,6-7H2,1-3H3,(H,14,16)(H,15,17). The molecule has 0 aliphatic carbocycles. The van der Waals surface area contributed by atoms with Crippen LogP contribution in [0.15, 0.2) is 12.1 Å². The quantitative estimate of drug-likeness (QED) is 0.599. The molecule has 0 unspecified atom stereocenters. The number of hydroxylamine groups is 1. The molecule has 0 atom stereocenters. The maximum Gasteiger partial charge on any atom is 0.262 e. The van der Waals surface area contributed by atoms with E-state index in [-0.39, 0.29) is 30.2 Å². The van der Waals surface area contributed by atoms with Crippen LogP contribution in [0.1, 0.15) is 5.56 Å². The molecule has 0 aliphatic heterocycles. The van der Waals surface area contributed by atoms with Crippen LogP contribution in [0.3, 0.4) is 0 Å². The molecule has 0 bridgehead atoms. The number of amides is 2. The van der Waals surface area contributed by atoms with Crippen LogP contribution in [0, 0.1) is 0 Å². The van der Waals surface area contributed by atoms with Crippen molar-refractivity contribution < 1.29 is 29.0 Å². The Balaban J connectivity index is 2.72. The van der Waals surface area contributed by atoms with Gasteiger partial charge in [-0.25, -0.2) is 5.48 Å². The van der Waals surface area contributed by atoms with E-state index in [1.165, 1.54) is 27.4 Å². The molecule has 1 aromatic carbocycles. The minimum Gasteiger partial charge on any atom is -0.502 e. The third kappa shape index (κ3) is 4.53. The zero-order chi connectivity index (χ0) is 15.8. The van der Waals surface area contributed by atoms with Crippen LogP contribution >= 0.6 is 0 Å². The summed E-state index contributed by atoms with van der Waals surface area (Å²) in [5, 5.41) is 12.3. The number of ether oxygens (including phenoxy) is 2. The molecule has 21 heavy (non-hydrogen) atoms. The summed E-state index contributed by atoms with van der Waals surface area (Å²) in [4.78, 5) is 27.3. The molecule has 3 N–H and O–H groups in total. The molecule has 0 saturated carbocycles. The number of phenols is 1. The Bertz CT molecular complexity index is 518. The van der Waals surface area contributed by atoms with Gasteiger partial charge in [0.15, 0.2) is 11.5 Å². The molecule has 1 aromatic rings. The topological polar surface area (TPSA) is 106 Å². The van der Waals surface area contributed by atoms with Crippen LogP contribution in [0.4, 0.5) is 0 Å². The molecule has 1 rings (SSSR count). The summed E-state index contributed by atoms with van der Waals surface area (Å²) in [5.74, 6) is -0.650. The van der Waals surface area contributed by atoms with E-state index in [0.717, 1.165) is 0 Å². The number of benzene rings is 1. The molecule has 0 radical (unpaired) electrons. The maximum absolute atomic E-state index is 11.8. The van der Waals surface area contributed by atoms with Gasteiger partial charge in [0.05, 0.1) is 34.3 Å². The molecule has 116 valence electrons. The van der Waals surface area contributed by atoms with Gasteiger partial charge in [0.2, 0.25) is 11.7 Å². The lowest BCUT2D eigenvalue weighted by Gasteiger charge is -2.13. The number of phenolic OH excluding ortho intramolecular Hbond substituents is 1. The average Bonchev–Trinajstić information content (AvgIpc) is 2.46. The largest absolute Gasteiger partial charge is 0.502 e. The molecule has 2 amide bonds. The van der Waals surface area contributed by atoms with E-state index in [9.17, 15) is 14.7 Å². The molecular weight excluding hydrogens is 280 g/mol. The van der Waals surface area contributed by atoms with Gasteiger partial charge in [-0.05, 0) is 6.07 Å². The number of hydrogen-bond acceptors (Lipinski definition) is 6. The highest BCUT2D eigenvalue weighted by atomic mass is 16.6. The van der Waals surface area contributed by atoms with Gasteiger partial charge in [-0.1, -0.05) is 6.07 Å². The van der Waals surface area contributed by atoms with Crippen molar-refractivity contribution in [3.63, 3.8) is 0 Å². The van der Waals surface area contributed by atoms with E-state index in [2.05, 4.69) is 15.6 Å². The second-order valence-corrected chi connectivity index (χ2v) is 3.99. The highest BCUT2D eigenvalue weighted by Crippen LogP contribution is 2.38. The molecule has 8 nitrogen and oxygen atoms in total. The number of rotatable bonds is 7.